The number of thiophene rings is 1. The zero-order valence-corrected chi connectivity index (χ0v) is 16.3. The Labute approximate surface area is 159 Å². The highest BCUT2D eigenvalue weighted by atomic mass is 32.1. The number of ether oxygens (including phenoxy) is 1. The summed E-state index contributed by atoms with van der Waals surface area (Å²) in [5.41, 5.74) is 2.12. The van der Waals surface area contributed by atoms with Gasteiger partial charge in [-0.05, 0) is 48.6 Å². The quantitative estimate of drug-likeness (QED) is 0.651. The standard InChI is InChI=1S/C19H21N3O4S/c1-12-4-5-14(10-13(12)2)22-18(24)17-15(6-9-27-17)21(19(22)25)11-16(23)20-7-8-26-3/h4-6,9-10H,7-8,11H2,1-3H3,(H,20,23). The van der Waals surface area contributed by atoms with Gasteiger partial charge in [0.15, 0.2) is 0 Å². The highest BCUT2D eigenvalue weighted by molar-refractivity contribution is 7.17. The average molecular weight is 387 g/mol. The van der Waals surface area contributed by atoms with E-state index in [9.17, 15) is 14.4 Å². The van der Waals surface area contributed by atoms with Crippen LogP contribution in [0.25, 0.3) is 15.9 Å². The summed E-state index contributed by atoms with van der Waals surface area (Å²) in [5, 5.41) is 4.44. The molecule has 3 rings (SSSR count). The second-order valence-corrected chi connectivity index (χ2v) is 7.17. The number of amides is 1. The van der Waals surface area contributed by atoms with Gasteiger partial charge < -0.3 is 10.1 Å². The second kappa shape index (κ2) is 7.89. The van der Waals surface area contributed by atoms with Crippen molar-refractivity contribution >= 4 is 27.5 Å². The van der Waals surface area contributed by atoms with Gasteiger partial charge >= 0.3 is 5.69 Å². The van der Waals surface area contributed by atoms with Crippen molar-refractivity contribution in [1.82, 2.24) is 14.5 Å². The average Bonchev–Trinajstić information content (AvgIpc) is 3.12. The Kier molecular flexibility index (Phi) is 5.57. The van der Waals surface area contributed by atoms with E-state index in [-0.39, 0.29) is 18.0 Å². The number of carbonyl (C=O) groups excluding carboxylic acids is 1. The normalized spacial score (nSPS) is 11.1. The highest BCUT2D eigenvalue weighted by Crippen LogP contribution is 2.17. The number of hydrogen-bond acceptors (Lipinski definition) is 5. The first-order valence-electron chi connectivity index (χ1n) is 8.50. The molecule has 142 valence electrons. The number of aryl methyl sites for hydroxylation is 2. The molecule has 0 unspecified atom stereocenters. The third-order valence-corrected chi connectivity index (χ3v) is 5.33. The van der Waals surface area contributed by atoms with Crippen LogP contribution in [0, 0.1) is 13.8 Å². The maximum Gasteiger partial charge on any atom is 0.336 e. The van der Waals surface area contributed by atoms with Crippen LogP contribution in [0.3, 0.4) is 0 Å². The number of benzene rings is 1. The molecule has 1 amide bonds. The molecule has 2 heterocycles. The molecule has 0 atom stereocenters. The number of aromatic nitrogens is 2. The summed E-state index contributed by atoms with van der Waals surface area (Å²) in [6.07, 6.45) is 0. The molecule has 0 aliphatic heterocycles. The van der Waals surface area contributed by atoms with Gasteiger partial charge in [-0.3, -0.25) is 14.2 Å². The molecule has 0 saturated carbocycles. The van der Waals surface area contributed by atoms with Gasteiger partial charge in [0.1, 0.15) is 11.2 Å². The summed E-state index contributed by atoms with van der Waals surface area (Å²) in [7, 11) is 1.55. The fourth-order valence-corrected chi connectivity index (χ4v) is 3.65. The molecule has 0 spiro atoms. The van der Waals surface area contributed by atoms with Gasteiger partial charge in [0.2, 0.25) is 5.91 Å². The number of rotatable bonds is 6. The van der Waals surface area contributed by atoms with Crippen molar-refractivity contribution in [3.8, 4) is 5.69 Å². The van der Waals surface area contributed by atoms with Crippen LogP contribution in [0.4, 0.5) is 0 Å². The molecular formula is C19H21N3O4S. The molecular weight excluding hydrogens is 366 g/mol. The smallest absolute Gasteiger partial charge is 0.336 e. The summed E-state index contributed by atoms with van der Waals surface area (Å²) in [4.78, 5) is 38.2. The van der Waals surface area contributed by atoms with E-state index in [2.05, 4.69) is 5.32 Å². The molecule has 27 heavy (non-hydrogen) atoms. The zero-order chi connectivity index (χ0) is 19.6. The van der Waals surface area contributed by atoms with Gasteiger partial charge in [-0.1, -0.05) is 6.07 Å². The zero-order valence-electron chi connectivity index (χ0n) is 15.4. The van der Waals surface area contributed by atoms with Crippen molar-refractivity contribution in [3.05, 3.63) is 61.6 Å². The van der Waals surface area contributed by atoms with Gasteiger partial charge in [0.25, 0.3) is 5.56 Å². The van der Waals surface area contributed by atoms with E-state index in [1.54, 1.807) is 30.7 Å². The van der Waals surface area contributed by atoms with Gasteiger partial charge in [0, 0.05) is 13.7 Å². The van der Waals surface area contributed by atoms with Crippen LogP contribution in [0.5, 0.6) is 0 Å². The molecule has 0 fully saturated rings. The molecule has 2 aromatic heterocycles. The van der Waals surface area contributed by atoms with Crippen molar-refractivity contribution in [2.75, 3.05) is 20.3 Å². The van der Waals surface area contributed by atoms with Gasteiger partial charge in [-0.25, -0.2) is 9.36 Å². The first kappa shape index (κ1) is 19.1. The van der Waals surface area contributed by atoms with Crippen LogP contribution < -0.4 is 16.6 Å². The molecule has 1 aromatic carbocycles. The minimum Gasteiger partial charge on any atom is -0.383 e. The molecule has 0 aliphatic rings. The Hall–Kier alpha value is -2.71. The molecule has 0 aliphatic carbocycles. The predicted molar refractivity (Wildman–Crippen MR) is 106 cm³/mol. The Balaban J connectivity index is 2.13. The Morgan fingerprint density at radius 2 is 1.96 bits per heavy atom. The monoisotopic (exact) mass is 387 g/mol. The fourth-order valence-electron chi connectivity index (χ4n) is 2.82. The maximum absolute atomic E-state index is 13.1. The van der Waals surface area contributed by atoms with Gasteiger partial charge in [-0.15, -0.1) is 11.3 Å². The molecule has 0 radical (unpaired) electrons. The molecule has 3 aromatic rings. The van der Waals surface area contributed by atoms with E-state index in [0.717, 1.165) is 15.7 Å². The van der Waals surface area contributed by atoms with Gasteiger partial charge in [-0.2, -0.15) is 0 Å². The van der Waals surface area contributed by atoms with Crippen LogP contribution >= 0.6 is 11.3 Å². The Bertz CT molecular complexity index is 1110. The maximum atomic E-state index is 13.1. The largest absolute Gasteiger partial charge is 0.383 e. The van der Waals surface area contributed by atoms with E-state index in [1.165, 1.54) is 15.9 Å². The molecule has 0 bridgehead atoms. The lowest BCUT2D eigenvalue weighted by Crippen LogP contribution is -2.41. The summed E-state index contributed by atoms with van der Waals surface area (Å²) in [6, 6.07) is 7.11. The molecule has 7 nitrogen and oxygen atoms in total. The molecule has 8 heteroatoms. The van der Waals surface area contributed by atoms with Crippen LogP contribution in [-0.4, -0.2) is 35.3 Å². The van der Waals surface area contributed by atoms with E-state index >= 15 is 0 Å². The van der Waals surface area contributed by atoms with E-state index in [1.807, 2.05) is 19.9 Å². The van der Waals surface area contributed by atoms with E-state index in [4.69, 9.17) is 4.74 Å². The number of nitrogens with one attached hydrogen (secondary N) is 1. The van der Waals surface area contributed by atoms with Crippen molar-refractivity contribution in [3.63, 3.8) is 0 Å². The van der Waals surface area contributed by atoms with Gasteiger partial charge in [0.05, 0.1) is 17.8 Å². The topological polar surface area (TPSA) is 82.3 Å². The highest BCUT2D eigenvalue weighted by Gasteiger charge is 2.17. The number of hydrogen-bond donors (Lipinski definition) is 1. The van der Waals surface area contributed by atoms with Crippen molar-refractivity contribution in [1.29, 1.82) is 0 Å². The summed E-state index contributed by atoms with van der Waals surface area (Å²) < 4.78 is 7.82. The van der Waals surface area contributed by atoms with Crippen LogP contribution in [0.2, 0.25) is 0 Å². The van der Waals surface area contributed by atoms with Crippen molar-refractivity contribution in [2.24, 2.45) is 0 Å². The lowest BCUT2D eigenvalue weighted by atomic mass is 10.1. The predicted octanol–water partition coefficient (Wildman–Crippen LogP) is 1.59. The first-order chi connectivity index (χ1) is 12.9. The first-order valence-corrected chi connectivity index (χ1v) is 9.38. The fraction of sp³-hybridized carbons (Fsp3) is 0.316. The van der Waals surface area contributed by atoms with E-state index < -0.39 is 5.69 Å². The minimum atomic E-state index is -0.531. The minimum absolute atomic E-state index is 0.166. The summed E-state index contributed by atoms with van der Waals surface area (Å²) in [5.74, 6) is -0.313. The number of nitrogens with zero attached hydrogens (tertiary/aromatic N) is 2. The summed E-state index contributed by atoms with van der Waals surface area (Å²) in [6.45, 7) is 4.47. The number of carbonyl (C=O) groups is 1. The summed E-state index contributed by atoms with van der Waals surface area (Å²) >= 11 is 1.26. The van der Waals surface area contributed by atoms with Crippen LogP contribution in [0.15, 0.2) is 39.2 Å². The molecule has 0 saturated heterocycles. The van der Waals surface area contributed by atoms with Crippen LogP contribution in [-0.2, 0) is 16.1 Å². The third kappa shape index (κ3) is 3.72. The Morgan fingerprint density at radius 1 is 1.19 bits per heavy atom. The number of methoxy groups -OCH3 is 1. The lowest BCUT2D eigenvalue weighted by molar-refractivity contribution is -0.121. The van der Waals surface area contributed by atoms with E-state index in [0.29, 0.717) is 29.1 Å². The molecule has 1 N–H and O–H groups in total. The Morgan fingerprint density at radius 3 is 2.67 bits per heavy atom. The SMILES string of the molecule is COCCNC(=O)Cn1c(=O)n(-c2ccc(C)c(C)c2)c(=O)c2sccc21. The van der Waals surface area contributed by atoms with Crippen molar-refractivity contribution in [2.45, 2.75) is 20.4 Å². The lowest BCUT2D eigenvalue weighted by Gasteiger charge is -2.13. The third-order valence-electron chi connectivity index (χ3n) is 4.43. The second-order valence-electron chi connectivity index (χ2n) is 6.26. The number of fused-ring (bicyclic) bond motifs is 1. The van der Waals surface area contributed by atoms with Crippen LogP contribution in [0.1, 0.15) is 11.1 Å². The van der Waals surface area contributed by atoms with Crippen molar-refractivity contribution < 1.29 is 9.53 Å².